The van der Waals surface area contributed by atoms with Gasteiger partial charge in [0, 0.05) is 29.0 Å². The molecule has 1 amide bonds. The minimum atomic E-state index is -0.452. The second kappa shape index (κ2) is 9.66. The van der Waals surface area contributed by atoms with Gasteiger partial charge in [0.1, 0.15) is 0 Å². The van der Waals surface area contributed by atoms with E-state index in [4.69, 9.17) is 10.5 Å². The first-order valence-corrected chi connectivity index (χ1v) is 9.51. The first kappa shape index (κ1) is 19.6. The van der Waals surface area contributed by atoms with Gasteiger partial charge in [0.25, 0.3) is 0 Å². The molecule has 0 spiro atoms. The van der Waals surface area contributed by atoms with Crippen molar-refractivity contribution in [1.29, 1.82) is 0 Å². The standard InChI is InChI=1S/C18H26N2O2S.ClH/c19-17(13-9-11-22-12-10-13)18(21)20-14-5-7-16(8-6-14)23-15-3-1-2-4-15;/h5-8,13,15,17H,1-4,9-12,19H2,(H,20,21);1H. The highest BCUT2D eigenvalue weighted by Crippen LogP contribution is 2.35. The number of rotatable bonds is 5. The Hall–Kier alpha value is -0.750. The Bertz CT molecular complexity index is 514. The van der Waals surface area contributed by atoms with Gasteiger partial charge in [-0.05, 0) is 55.9 Å². The molecular weight excluding hydrogens is 344 g/mol. The fraction of sp³-hybridized carbons (Fsp3) is 0.611. The average molecular weight is 371 g/mol. The molecule has 1 saturated heterocycles. The zero-order chi connectivity index (χ0) is 16.1. The Kier molecular flexibility index (Phi) is 7.88. The number of carbonyl (C=O) groups excluding carboxylic acids is 1. The van der Waals surface area contributed by atoms with Crippen LogP contribution in [0.25, 0.3) is 0 Å². The summed E-state index contributed by atoms with van der Waals surface area (Å²) in [5, 5.41) is 3.71. The molecule has 4 nitrogen and oxygen atoms in total. The lowest BCUT2D eigenvalue weighted by Gasteiger charge is -2.26. The number of hydrogen-bond acceptors (Lipinski definition) is 4. The van der Waals surface area contributed by atoms with E-state index in [9.17, 15) is 4.79 Å². The molecule has 0 radical (unpaired) electrons. The number of hydrogen-bond donors (Lipinski definition) is 2. The third-order valence-electron chi connectivity index (χ3n) is 4.80. The van der Waals surface area contributed by atoms with Crippen LogP contribution in [0.1, 0.15) is 38.5 Å². The van der Waals surface area contributed by atoms with Gasteiger partial charge < -0.3 is 15.8 Å². The summed E-state index contributed by atoms with van der Waals surface area (Å²) in [6, 6.07) is 7.70. The molecule has 2 aliphatic rings. The Morgan fingerprint density at radius 2 is 1.75 bits per heavy atom. The van der Waals surface area contributed by atoms with Crippen molar-refractivity contribution in [1.82, 2.24) is 0 Å². The van der Waals surface area contributed by atoms with Crippen molar-refractivity contribution in [3.05, 3.63) is 24.3 Å². The van der Waals surface area contributed by atoms with Crippen LogP contribution in [0.15, 0.2) is 29.2 Å². The van der Waals surface area contributed by atoms with Crippen molar-refractivity contribution in [2.24, 2.45) is 11.7 Å². The number of benzene rings is 1. The molecular formula is C18H27ClN2O2S. The van der Waals surface area contributed by atoms with Crippen LogP contribution in [0, 0.1) is 5.92 Å². The summed E-state index contributed by atoms with van der Waals surface area (Å²) >= 11 is 1.96. The maximum absolute atomic E-state index is 12.3. The molecule has 24 heavy (non-hydrogen) atoms. The summed E-state index contributed by atoms with van der Waals surface area (Å²) in [5.74, 6) is 0.133. The van der Waals surface area contributed by atoms with Gasteiger partial charge in [-0.25, -0.2) is 0 Å². The molecule has 1 saturated carbocycles. The van der Waals surface area contributed by atoms with Crippen LogP contribution >= 0.6 is 24.2 Å². The molecule has 0 aromatic heterocycles. The zero-order valence-corrected chi connectivity index (χ0v) is 15.5. The SMILES string of the molecule is Cl.NC(C(=O)Nc1ccc(SC2CCCC2)cc1)C1CCOCC1. The van der Waals surface area contributed by atoms with Crippen LogP contribution in [0.3, 0.4) is 0 Å². The van der Waals surface area contributed by atoms with Crippen LogP contribution in [0.5, 0.6) is 0 Å². The van der Waals surface area contributed by atoms with Gasteiger partial charge in [-0.1, -0.05) is 12.8 Å². The maximum Gasteiger partial charge on any atom is 0.241 e. The van der Waals surface area contributed by atoms with Gasteiger partial charge in [0.2, 0.25) is 5.91 Å². The van der Waals surface area contributed by atoms with Gasteiger partial charge in [0.15, 0.2) is 0 Å². The Labute approximate surface area is 154 Å². The van der Waals surface area contributed by atoms with Crippen LogP contribution in [-0.4, -0.2) is 30.4 Å². The third-order valence-corrected chi connectivity index (χ3v) is 6.15. The van der Waals surface area contributed by atoms with E-state index in [0.717, 1.165) is 23.8 Å². The van der Waals surface area contributed by atoms with Gasteiger partial charge in [0.05, 0.1) is 6.04 Å². The van der Waals surface area contributed by atoms with Crippen LogP contribution < -0.4 is 11.1 Å². The first-order valence-electron chi connectivity index (χ1n) is 8.63. The van der Waals surface area contributed by atoms with E-state index < -0.39 is 6.04 Å². The van der Waals surface area contributed by atoms with E-state index in [0.29, 0.717) is 13.2 Å². The molecule has 1 atom stereocenters. The maximum atomic E-state index is 12.3. The largest absolute Gasteiger partial charge is 0.381 e. The minimum absolute atomic E-state index is 0. The van der Waals surface area contributed by atoms with Crippen molar-refractivity contribution in [3.8, 4) is 0 Å². The van der Waals surface area contributed by atoms with Crippen LogP contribution in [-0.2, 0) is 9.53 Å². The monoisotopic (exact) mass is 370 g/mol. The highest BCUT2D eigenvalue weighted by molar-refractivity contribution is 8.00. The molecule has 6 heteroatoms. The number of ether oxygens (including phenoxy) is 1. The Morgan fingerprint density at radius 1 is 1.12 bits per heavy atom. The first-order chi connectivity index (χ1) is 11.2. The van der Waals surface area contributed by atoms with Crippen molar-refractivity contribution in [2.75, 3.05) is 18.5 Å². The van der Waals surface area contributed by atoms with E-state index >= 15 is 0 Å². The normalized spacial score (nSPS) is 20.4. The Balaban J connectivity index is 0.00000208. The van der Waals surface area contributed by atoms with Crippen LogP contribution in [0.4, 0.5) is 5.69 Å². The number of halogens is 1. The van der Waals surface area contributed by atoms with Gasteiger partial charge in [-0.15, -0.1) is 24.2 Å². The average Bonchev–Trinajstić information content (AvgIpc) is 3.10. The smallest absolute Gasteiger partial charge is 0.241 e. The summed E-state index contributed by atoms with van der Waals surface area (Å²) in [7, 11) is 0. The molecule has 1 aromatic rings. The van der Waals surface area contributed by atoms with E-state index in [2.05, 4.69) is 17.4 Å². The van der Waals surface area contributed by atoms with Crippen molar-refractivity contribution >= 4 is 35.8 Å². The highest BCUT2D eigenvalue weighted by atomic mass is 35.5. The lowest BCUT2D eigenvalue weighted by molar-refractivity contribution is -0.119. The molecule has 1 aromatic carbocycles. The third kappa shape index (κ3) is 5.38. The molecule has 3 N–H and O–H groups in total. The number of nitrogens with two attached hydrogens (primary N) is 1. The summed E-state index contributed by atoms with van der Waals surface area (Å²) in [6.45, 7) is 1.41. The summed E-state index contributed by atoms with van der Waals surface area (Å²) < 4.78 is 5.33. The predicted octanol–water partition coefficient (Wildman–Crippen LogP) is 3.84. The summed E-state index contributed by atoms with van der Waals surface area (Å²) in [5.41, 5.74) is 6.93. The fourth-order valence-corrected chi connectivity index (χ4v) is 4.58. The van der Waals surface area contributed by atoms with E-state index in [1.807, 2.05) is 23.9 Å². The number of carbonyl (C=O) groups is 1. The molecule has 1 unspecified atom stereocenters. The van der Waals surface area contributed by atoms with Gasteiger partial charge >= 0.3 is 0 Å². The highest BCUT2D eigenvalue weighted by Gasteiger charge is 2.26. The molecule has 3 rings (SSSR count). The number of anilines is 1. The summed E-state index contributed by atoms with van der Waals surface area (Å²) in [6.07, 6.45) is 7.09. The minimum Gasteiger partial charge on any atom is -0.381 e. The predicted molar refractivity (Wildman–Crippen MR) is 102 cm³/mol. The van der Waals surface area contributed by atoms with Crippen LogP contribution in [0.2, 0.25) is 0 Å². The quantitative estimate of drug-likeness (QED) is 0.826. The molecule has 1 heterocycles. The second-order valence-corrected chi connectivity index (χ2v) is 7.89. The van der Waals surface area contributed by atoms with Crippen molar-refractivity contribution in [3.63, 3.8) is 0 Å². The molecule has 134 valence electrons. The lowest BCUT2D eigenvalue weighted by atomic mass is 9.92. The van der Waals surface area contributed by atoms with E-state index in [1.54, 1.807) is 0 Å². The van der Waals surface area contributed by atoms with E-state index in [1.165, 1.54) is 30.6 Å². The van der Waals surface area contributed by atoms with Crippen molar-refractivity contribution < 1.29 is 9.53 Å². The number of thioether (sulfide) groups is 1. The number of nitrogens with one attached hydrogen (secondary N) is 1. The second-order valence-electron chi connectivity index (χ2n) is 6.51. The van der Waals surface area contributed by atoms with Gasteiger partial charge in [-0.3, -0.25) is 4.79 Å². The molecule has 2 fully saturated rings. The molecule has 0 bridgehead atoms. The fourth-order valence-electron chi connectivity index (χ4n) is 3.33. The van der Waals surface area contributed by atoms with E-state index in [-0.39, 0.29) is 24.2 Å². The molecule has 1 aliphatic heterocycles. The topological polar surface area (TPSA) is 64.4 Å². The lowest BCUT2D eigenvalue weighted by Crippen LogP contribution is -2.43. The van der Waals surface area contributed by atoms with Crippen molar-refractivity contribution in [2.45, 2.75) is 54.7 Å². The van der Waals surface area contributed by atoms with Gasteiger partial charge in [-0.2, -0.15) is 0 Å². The number of amides is 1. The summed E-state index contributed by atoms with van der Waals surface area (Å²) in [4.78, 5) is 13.6. The Morgan fingerprint density at radius 3 is 2.38 bits per heavy atom. The molecule has 1 aliphatic carbocycles. The zero-order valence-electron chi connectivity index (χ0n) is 13.9.